The Kier molecular flexibility index (Phi) is 4.16. The zero-order chi connectivity index (χ0) is 16.4. The number of aliphatic carboxylic acids is 1. The molecule has 0 aliphatic rings. The number of primary amides is 1. The van der Waals surface area contributed by atoms with Crippen LogP contribution in [0.5, 0.6) is 5.75 Å². The minimum atomic E-state index is -1.14. The van der Waals surface area contributed by atoms with Gasteiger partial charge in [0.05, 0.1) is 11.1 Å². The molecule has 0 radical (unpaired) electrons. The Morgan fingerprint density at radius 1 is 1.36 bits per heavy atom. The molecule has 0 spiro atoms. The number of aryl methyl sites for hydroxylation is 1. The molecule has 0 aliphatic heterocycles. The molecule has 2 aromatic heterocycles. The fraction of sp³-hybridized carbons (Fsp3) is 0.267. The van der Waals surface area contributed by atoms with E-state index in [9.17, 15) is 14.4 Å². The van der Waals surface area contributed by atoms with Gasteiger partial charge >= 0.3 is 5.97 Å². The Labute approximate surface area is 126 Å². The summed E-state index contributed by atoms with van der Waals surface area (Å²) in [6.45, 7) is 3.12. The second kappa shape index (κ2) is 5.88. The molecule has 0 fully saturated rings. The normalized spacial score (nSPS) is 10.6. The van der Waals surface area contributed by atoms with Gasteiger partial charge < -0.3 is 20.0 Å². The van der Waals surface area contributed by atoms with Crippen molar-refractivity contribution in [1.29, 1.82) is 0 Å². The molecule has 2 heterocycles. The Morgan fingerprint density at radius 2 is 2.05 bits per heavy atom. The van der Waals surface area contributed by atoms with Crippen LogP contribution in [0, 0.1) is 6.92 Å². The molecule has 7 nitrogen and oxygen atoms in total. The van der Waals surface area contributed by atoms with Crippen molar-refractivity contribution in [1.82, 2.24) is 4.40 Å². The second-order valence-electron chi connectivity index (χ2n) is 4.76. The molecule has 22 heavy (non-hydrogen) atoms. The predicted molar refractivity (Wildman–Crippen MR) is 78.2 cm³/mol. The number of rotatable bonds is 6. The molecule has 116 valence electrons. The second-order valence-corrected chi connectivity index (χ2v) is 4.76. The number of carbonyl (C=O) groups is 3. The van der Waals surface area contributed by atoms with E-state index in [4.69, 9.17) is 15.6 Å². The Bertz CT molecular complexity index is 776. The van der Waals surface area contributed by atoms with Gasteiger partial charge in [-0.25, -0.2) is 4.79 Å². The molecule has 2 rings (SSSR count). The molecule has 3 N–H and O–H groups in total. The van der Waals surface area contributed by atoms with Crippen molar-refractivity contribution in [2.45, 2.75) is 20.3 Å². The number of pyridine rings is 1. The summed E-state index contributed by atoms with van der Waals surface area (Å²) >= 11 is 0. The molecule has 7 heteroatoms. The van der Waals surface area contributed by atoms with E-state index in [1.807, 2.05) is 13.8 Å². The van der Waals surface area contributed by atoms with Crippen LogP contribution in [0.3, 0.4) is 0 Å². The first-order valence-corrected chi connectivity index (χ1v) is 6.69. The number of amides is 1. The molecule has 0 saturated carbocycles. The smallest absolute Gasteiger partial charge is 0.341 e. The quantitative estimate of drug-likeness (QED) is 0.609. The lowest BCUT2D eigenvalue weighted by Gasteiger charge is -2.07. The molecular formula is C15H16N2O5. The highest BCUT2D eigenvalue weighted by molar-refractivity contribution is 6.44. The third-order valence-electron chi connectivity index (χ3n) is 3.45. The van der Waals surface area contributed by atoms with Crippen molar-refractivity contribution < 1.29 is 24.2 Å². The van der Waals surface area contributed by atoms with Gasteiger partial charge in [0.2, 0.25) is 0 Å². The van der Waals surface area contributed by atoms with Crippen molar-refractivity contribution >= 4 is 23.2 Å². The van der Waals surface area contributed by atoms with Crippen LogP contribution in [-0.4, -0.2) is 33.8 Å². The zero-order valence-electron chi connectivity index (χ0n) is 12.3. The van der Waals surface area contributed by atoms with Gasteiger partial charge in [-0.1, -0.05) is 6.92 Å². The van der Waals surface area contributed by atoms with Gasteiger partial charge in [-0.3, -0.25) is 9.59 Å². The van der Waals surface area contributed by atoms with Crippen molar-refractivity contribution in [3.05, 3.63) is 35.2 Å². The summed E-state index contributed by atoms with van der Waals surface area (Å²) < 4.78 is 6.94. The van der Waals surface area contributed by atoms with Gasteiger partial charge in [-0.15, -0.1) is 0 Å². The maximum absolute atomic E-state index is 12.2. The maximum atomic E-state index is 12.2. The number of aromatic nitrogens is 1. The van der Waals surface area contributed by atoms with Crippen molar-refractivity contribution in [2.24, 2.45) is 5.73 Å². The molecule has 0 bridgehead atoms. The number of fused-ring (bicyclic) bond motifs is 1. The summed E-state index contributed by atoms with van der Waals surface area (Å²) in [7, 11) is 0. The van der Waals surface area contributed by atoms with Crippen molar-refractivity contribution in [3.8, 4) is 5.75 Å². The Morgan fingerprint density at radius 3 is 2.59 bits per heavy atom. The molecule has 0 unspecified atom stereocenters. The summed E-state index contributed by atoms with van der Waals surface area (Å²) in [4.78, 5) is 34.2. The largest absolute Gasteiger partial charge is 0.480 e. The molecule has 0 atom stereocenters. The first-order chi connectivity index (χ1) is 10.4. The summed E-state index contributed by atoms with van der Waals surface area (Å²) in [6.07, 6.45) is 2.25. The lowest BCUT2D eigenvalue weighted by molar-refractivity contribution is -0.139. The summed E-state index contributed by atoms with van der Waals surface area (Å²) in [6, 6.07) is 3.23. The minimum absolute atomic E-state index is 0.175. The van der Waals surface area contributed by atoms with Gasteiger partial charge in [0.15, 0.2) is 6.61 Å². The predicted octanol–water partition coefficient (Wildman–Crippen LogP) is 0.942. The summed E-state index contributed by atoms with van der Waals surface area (Å²) in [5, 5.41) is 8.75. The lowest BCUT2D eigenvalue weighted by Crippen LogP contribution is -2.24. The number of nitrogens with two attached hydrogens (primary N) is 1. The first-order valence-electron chi connectivity index (χ1n) is 6.69. The van der Waals surface area contributed by atoms with Crippen LogP contribution in [0.15, 0.2) is 18.3 Å². The topological polar surface area (TPSA) is 111 Å². The fourth-order valence-corrected chi connectivity index (χ4v) is 2.54. The van der Waals surface area contributed by atoms with E-state index in [2.05, 4.69) is 0 Å². The van der Waals surface area contributed by atoms with Crippen LogP contribution in [0.2, 0.25) is 0 Å². The van der Waals surface area contributed by atoms with E-state index in [1.165, 1.54) is 0 Å². The number of nitrogens with zero attached hydrogens (tertiary/aromatic N) is 1. The van der Waals surface area contributed by atoms with Crippen LogP contribution in [-0.2, 0) is 16.0 Å². The van der Waals surface area contributed by atoms with Crippen LogP contribution in [0.4, 0.5) is 0 Å². The standard InChI is InChI=1S/C15H16N2O5/c1-3-9-8(2)17-6-4-5-10(22-7-11(18)19)13(17)12(9)14(20)15(16)21/h4-6H,3,7H2,1-2H3,(H2,16,21)(H,18,19). The lowest BCUT2D eigenvalue weighted by atomic mass is 10.0. The van der Waals surface area contributed by atoms with E-state index in [0.717, 1.165) is 5.69 Å². The first kappa shape index (κ1) is 15.6. The number of hydrogen-bond donors (Lipinski definition) is 2. The van der Waals surface area contributed by atoms with Crippen molar-refractivity contribution in [2.75, 3.05) is 6.61 Å². The van der Waals surface area contributed by atoms with E-state index >= 15 is 0 Å². The van der Waals surface area contributed by atoms with E-state index in [1.54, 1.807) is 22.7 Å². The number of ether oxygens (including phenoxy) is 1. The van der Waals surface area contributed by atoms with E-state index < -0.39 is 24.3 Å². The number of Topliss-reactive ketones (excluding diaryl/α,β-unsaturated/α-hetero) is 1. The third kappa shape index (κ3) is 2.52. The van der Waals surface area contributed by atoms with Gasteiger partial charge in [0.25, 0.3) is 11.7 Å². The number of carboxylic acids is 1. The highest BCUT2D eigenvalue weighted by Gasteiger charge is 2.26. The van der Waals surface area contributed by atoms with E-state index in [-0.39, 0.29) is 11.3 Å². The summed E-state index contributed by atoms with van der Waals surface area (Å²) in [5.41, 5.74) is 7.14. The molecule has 1 amide bonds. The monoisotopic (exact) mass is 304 g/mol. The average Bonchev–Trinajstić information content (AvgIpc) is 2.77. The minimum Gasteiger partial charge on any atom is -0.480 e. The van der Waals surface area contributed by atoms with Crippen LogP contribution in [0.1, 0.15) is 28.5 Å². The Hall–Kier alpha value is -2.83. The van der Waals surface area contributed by atoms with Crippen LogP contribution in [0.25, 0.3) is 5.52 Å². The van der Waals surface area contributed by atoms with E-state index in [0.29, 0.717) is 17.5 Å². The average molecular weight is 304 g/mol. The number of carboxylic acid groups (broad SMARTS) is 1. The van der Waals surface area contributed by atoms with Crippen molar-refractivity contribution in [3.63, 3.8) is 0 Å². The van der Waals surface area contributed by atoms with Gasteiger partial charge in [0, 0.05) is 11.9 Å². The fourth-order valence-electron chi connectivity index (χ4n) is 2.54. The number of hydrogen-bond acceptors (Lipinski definition) is 4. The zero-order valence-corrected chi connectivity index (χ0v) is 12.3. The SMILES string of the molecule is CCc1c(C(=O)C(N)=O)c2c(OCC(=O)O)cccn2c1C. The van der Waals surface area contributed by atoms with Crippen LogP contribution >= 0.6 is 0 Å². The van der Waals surface area contributed by atoms with Gasteiger partial charge in [-0.2, -0.15) is 0 Å². The molecule has 0 aliphatic carbocycles. The van der Waals surface area contributed by atoms with Gasteiger partial charge in [-0.05, 0) is 31.0 Å². The van der Waals surface area contributed by atoms with Crippen LogP contribution < -0.4 is 10.5 Å². The molecule has 0 aromatic carbocycles. The Balaban J connectivity index is 2.76. The molecule has 0 saturated heterocycles. The molecule has 2 aromatic rings. The summed E-state index contributed by atoms with van der Waals surface area (Å²) in [5.74, 6) is -2.79. The highest BCUT2D eigenvalue weighted by atomic mass is 16.5. The number of ketones is 1. The third-order valence-corrected chi connectivity index (χ3v) is 3.45. The highest BCUT2D eigenvalue weighted by Crippen LogP contribution is 2.31. The number of carbonyl (C=O) groups excluding carboxylic acids is 2. The maximum Gasteiger partial charge on any atom is 0.341 e. The molecular weight excluding hydrogens is 288 g/mol. The van der Waals surface area contributed by atoms with Gasteiger partial charge in [0.1, 0.15) is 5.75 Å².